The molecule has 2 fully saturated rings. The highest BCUT2D eigenvalue weighted by atomic mass is 16.7. The largest absolute Gasteiger partial charge is 0.494 e. The van der Waals surface area contributed by atoms with Crippen LogP contribution in [0.3, 0.4) is 0 Å². The van der Waals surface area contributed by atoms with E-state index in [2.05, 4.69) is 6.07 Å². The summed E-state index contributed by atoms with van der Waals surface area (Å²) in [4.78, 5) is 14.5. The molecule has 9 nitrogen and oxygen atoms in total. The van der Waals surface area contributed by atoms with Crippen LogP contribution in [0.15, 0.2) is 54.6 Å². The van der Waals surface area contributed by atoms with E-state index in [1.54, 1.807) is 9.58 Å². The zero-order valence-corrected chi connectivity index (χ0v) is 22.9. The van der Waals surface area contributed by atoms with Crippen molar-refractivity contribution in [3.05, 3.63) is 65.7 Å². The number of nitriles is 1. The molecule has 3 aromatic rings. The Morgan fingerprint density at radius 3 is 2.44 bits per heavy atom. The second kappa shape index (κ2) is 10.4. The standard InChI is InChI=1S/C29H34BN5O4/c1-28(2)29(3,4)39-30(38-28)22-14-12-21(13-15-22)25-24(17-31)26(32)35(33-25)23-11-8-16-34(18-23)27(36)37-19-20-9-6-5-7-10-20/h5-7,9-10,12-15,23H,8,11,16,18-19,32H2,1-4H3. The predicted molar refractivity (Wildman–Crippen MR) is 149 cm³/mol. The number of benzene rings is 2. The molecule has 1 amide bonds. The highest BCUT2D eigenvalue weighted by Crippen LogP contribution is 2.37. The van der Waals surface area contributed by atoms with Crippen LogP contribution in [0, 0.1) is 11.3 Å². The van der Waals surface area contributed by atoms with Gasteiger partial charge < -0.3 is 24.7 Å². The van der Waals surface area contributed by atoms with Crippen molar-refractivity contribution in [3.8, 4) is 17.3 Å². The summed E-state index contributed by atoms with van der Waals surface area (Å²) in [5.74, 6) is 0.298. The number of piperidine rings is 1. The second-order valence-electron chi connectivity index (χ2n) is 11.2. The summed E-state index contributed by atoms with van der Waals surface area (Å²) in [5, 5.41) is 14.7. The minimum Gasteiger partial charge on any atom is -0.445 e. The molecule has 0 radical (unpaired) electrons. The Hall–Kier alpha value is -3.81. The summed E-state index contributed by atoms with van der Waals surface area (Å²) in [7, 11) is -0.475. The lowest BCUT2D eigenvalue weighted by Crippen LogP contribution is -2.41. The van der Waals surface area contributed by atoms with Crippen LogP contribution in [0.2, 0.25) is 0 Å². The number of aromatic nitrogens is 2. The Labute approximate surface area is 229 Å². The fraction of sp³-hybridized carbons (Fsp3) is 0.414. The lowest BCUT2D eigenvalue weighted by Gasteiger charge is -2.32. The minimum absolute atomic E-state index is 0.159. The normalized spacial score (nSPS) is 20.0. The SMILES string of the molecule is CC1(C)OB(c2ccc(-c3nn(C4CCCN(C(=O)OCc5ccccc5)C4)c(N)c3C#N)cc2)OC1(C)C. The quantitative estimate of drug-likeness (QED) is 0.493. The van der Waals surface area contributed by atoms with E-state index < -0.39 is 18.3 Å². The van der Waals surface area contributed by atoms with Crippen LogP contribution in [0.25, 0.3) is 11.3 Å². The monoisotopic (exact) mass is 527 g/mol. The van der Waals surface area contributed by atoms with E-state index in [1.165, 1.54) is 0 Å². The van der Waals surface area contributed by atoms with Gasteiger partial charge in [0.05, 0.1) is 17.2 Å². The van der Waals surface area contributed by atoms with Gasteiger partial charge in [-0.3, -0.25) is 0 Å². The summed E-state index contributed by atoms with van der Waals surface area (Å²) < 4.78 is 19.5. The Balaban J connectivity index is 1.31. The number of nitrogens with zero attached hydrogens (tertiary/aromatic N) is 4. The Bertz CT molecular complexity index is 1370. The van der Waals surface area contributed by atoms with Crippen molar-refractivity contribution >= 4 is 24.5 Å². The summed E-state index contributed by atoms with van der Waals surface area (Å²) >= 11 is 0. The third kappa shape index (κ3) is 5.25. The van der Waals surface area contributed by atoms with Gasteiger partial charge >= 0.3 is 13.2 Å². The first-order valence-electron chi connectivity index (χ1n) is 13.3. The number of likely N-dealkylation sites (tertiary alicyclic amines) is 1. The smallest absolute Gasteiger partial charge is 0.445 e. The first-order chi connectivity index (χ1) is 18.6. The number of nitrogens with two attached hydrogens (primary N) is 1. The third-order valence-corrected chi connectivity index (χ3v) is 7.97. The topological polar surface area (TPSA) is 116 Å². The molecule has 2 aliphatic rings. The van der Waals surface area contributed by atoms with Gasteiger partial charge in [0, 0.05) is 18.7 Å². The van der Waals surface area contributed by atoms with Gasteiger partial charge in [-0.25, -0.2) is 9.48 Å². The highest BCUT2D eigenvalue weighted by Gasteiger charge is 2.51. The van der Waals surface area contributed by atoms with E-state index in [9.17, 15) is 10.1 Å². The molecule has 5 rings (SSSR count). The van der Waals surface area contributed by atoms with Gasteiger partial charge in [0.2, 0.25) is 0 Å². The van der Waals surface area contributed by atoms with Crippen LogP contribution in [-0.2, 0) is 20.7 Å². The number of nitrogen functional groups attached to an aromatic ring is 1. The number of hydrogen-bond acceptors (Lipinski definition) is 7. The first kappa shape index (κ1) is 26.8. The maximum Gasteiger partial charge on any atom is 0.494 e. The maximum absolute atomic E-state index is 12.8. The Morgan fingerprint density at radius 1 is 1.13 bits per heavy atom. The van der Waals surface area contributed by atoms with Gasteiger partial charge in [-0.2, -0.15) is 10.4 Å². The van der Waals surface area contributed by atoms with Crippen molar-refractivity contribution in [2.45, 2.75) is 64.4 Å². The number of rotatable bonds is 5. The molecular formula is C29H34BN5O4. The van der Waals surface area contributed by atoms with Crippen LogP contribution in [0.4, 0.5) is 10.6 Å². The Kier molecular flexibility index (Phi) is 7.14. The molecule has 39 heavy (non-hydrogen) atoms. The number of hydrogen-bond donors (Lipinski definition) is 1. The fourth-order valence-electron chi connectivity index (χ4n) is 4.95. The Morgan fingerprint density at radius 2 is 1.79 bits per heavy atom. The van der Waals surface area contributed by atoms with Crippen LogP contribution in [-0.4, -0.2) is 52.2 Å². The molecule has 3 heterocycles. The summed E-state index contributed by atoms with van der Waals surface area (Å²) in [6.07, 6.45) is 1.21. The number of carbonyl (C=O) groups is 1. The zero-order valence-electron chi connectivity index (χ0n) is 22.9. The molecule has 2 aromatic carbocycles. The molecule has 10 heteroatoms. The van der Waals surface area contributed by atoms with Crippen molar-refractivity contribution in [1.29, 1.82) is 5.26 Å². The molecule has 1 aromatic heterocycles. The van der Waals surface area contributed by atoms with Crippen molar-refractivity contribution in [2.24, 2.45) is 0 Å². The van der Waals surface area contributed by atoms with Crippen molar-refractivity contribution in [3.63, 3.8) is 0 Å². The molecule has 202 valence electrons. The zero-order chi connectivity index (χ0) is 27.8. The van der Waals surface area contributed by atoms with Crippen LogP contribution in [0.5, 0.6) is 0 Å². The summed E-state index contributed by atoms with van der Waals surface area (Å²) in [6, 6.07) is 19.3. The van der Waals surface area contributed by atoms with Gasteiger partial charge in [-0.1, -0.05) is 54.6 Å². The van der Waals surface area contributed by atoms with Gasteiger partial charge in [0.25, 0.3) is 0 Å². The van der Waals surface area contributed by atoms with Crippen LogP contribution in [0.1, 0.15) is 57.7 Å². The van der Waals surface area contributed by atoms with Crippen LogP contribution < -0.4 is 11.2 Å². The van der Waals surface area contributed by atoms with Gasteiger partial charge in [-0.05, 0) is 51.6 Å². The lowest BCUT2D eigenvalue weighted by molar-refractivity contribution is 0.00578. The molecule has 2 saturated heterocycles. The molecule has 1 unspecified atom stereocenters. The number of ether oxygens (including phenoxy) is 1. The molecule has 0 bridgehead atoms. The van der Waals surface area contributed by atoms with Crippen molar-refractivity contribution in [1.82, 2.24) is 14.7 Å². The average Bonchev–Trinajstić information content (AvgIpc) is 3.38. The van der Waals surface area contributed by atoms with E-state index in [-0.39, 0.29) is 18.7 Å². The molecule has 2 aliphatic heterocycles. The third-order valence-electron chi connectivity index (χ3n) is 7.97. The van der Waals surface area contributed by atoms with Gasteiger partial charge in [-0.15, -0.1) is 0 Å². The maximum atomic E-state index is 12.8. The van der Waals surface area contributed by atoms with Gasteiger partial charge in [0.1, 0.15) is 29.8 Å². The number of amides is 1. The molecule has 0 saturated carbocycles. The van der Waals surface area contributed by atoms with Crippen molar-refractivity contribution in [2.75, 3.05) is 18.8 Å². The van der Waals surface area contributed by atoms with E-state index in [4.69, 9.17) is 24.9 Å². The predicted octanol–water partition coefficient (Wildman–Crippen LogP) is 4.28. The highest BCUT2D eigenvalue weighted by molar-refractivity contribution is 6.62. The molecule has 2 N–H and O–H groups in total. The average molecular weight is 527 g/mol. The first-order valence-corrected chi connectivity index (χ1v) is 13.3. The minimum atomic E-state index is -0.475. The molecule has 0 aliphatic carbocycles. The number of anilines is 1. The van der Waals surface area contributed by atoms with Crippen molar-refractivity contribution < 1.29 is 18.8 Å². The van der Waals surface area contributed by atoms with E-state index >= 15 is 0 Å². The van der Waals surface area contributed by atoms with Gasteiger partial charge in [0.15, 0.2) is 0 Å². The second-order valence-corrected chi connectivity index (χ2v) is 11.2. The molecular weight excluding hydrogens is 493 g/mol. The van der Waals surface area contributed by atoms with E-state index in [0.717, 1.165) is 29.4 Å². The van der Waals surface area contributed by atoms with E-state index in [0.29, 0.717) is 30.2 Å². The molecule has 1 atom stereocenters. The summed E-state index contributed by atoms with van der Waals surface area (Å²) in [5.41, 5.74) is 9.00. The number of carbonyl (C=O) groups excluding carboxylic acids is 1. The fourth-order valence-corrected chi connectivity index (χ4v) is 4.95. The van der Waals surface area contributed by atoms with Crippen LogP contribution >= 0.6 is 0 Å². The van der Waals surface area contributed by atoms with E-state index in [1.807, 2.05) is 82.3 Å². The molecule has 0 spiro atoms. The lowest BCUT2D eigenvalue weighted by atomic mass is 9.78. The summed E-state index contributed by atoms with van der Waals surface area (Å²) in [6.45, 7) is 9.30.